The van der Waals surface area contributed by atoms with Gasteiger partial charge < -0.3 is 15.3 Å². The molecule has 0 radical (unpaired) electrons. The lowest BCUT2D eigenvalue weighted by molar-refractivity contribution is 0.102. The second-order valence-electron chi connectivity index (χ2n) is 8.50. The number of benzene rings is 3. The van der Waals surface area contributed by atoms with Crippen molar-refractivity contribution in [1.82, 2.24) is 4.90 Å². The Kier molecular flexibility index (Phi) is 6.75. The van der Waals surface area contributed by atoms with Crippen molar-refractivity contribution in [1.29, 1.82) is 0 Å². The normalized spacial score (nSPS) is 14.8. The Morgan fingerprint density at radius 3 is 2.55 bits per heavy atom. The molecule has 33 heavy (non-hydrogen) atoms. The number of rotatable bonds is 6. The average Bonchev–Trinajstić information content (AvgIpc) is 2.82. The molecule has 170 valence electrons. The van der Waals surface area contributed by atoms with Gasteiger partial charge in [0.15, 0.2) is 0 Å². The van der Waals surface area contributed by atoms with Crippen molar-refractivity contribution < 1.29 is 14.7 Å². The molecule has 1 atom stereocenters. The van der Waals surface area contributed by atoms with Gasteiger partial charge in [0.2, 0.25) is 0 Å². The molecule has 4 rings (SSSR count). The number of aliphatic hydroxyl groups excluding tert-OH is 1. The van der Waals surface area contributed by atoms with Crippen molar-refractivity contribution in [3.63, 3.8) is 0 Å². The van der Waals surface area contributed by atoms with Crippen molar-refractivity contribution in [2.24, 2.45) is 0 Å². The molecule has 1 fully saturated rings. The Balaban J connectivity index is 1.48. The summed E-state index contributed by atoms with van der Waals surface area (Å²) in [5.41, 5.74) is 4.81. The van der Waals surface area contributed by atoms with E-state index in [1.54, 1.807) is 48.2 Å². The van der Waals surface area contributed by atoms with E-state index in [9.17, 15) is 14.7 Å². The summed E-state index contributed by atoms with van der Waals surface area (Å²) >= 11 is 0. The molecule has 1 saturated heterocycles. The highest BCUT2D eigenvalue weighted by Crippen LogP contribution is 2.24. The number of hydrogen-bond acceptors (Lipinski definition) is 3. The van der Waals surface area contributed by atoms with E-state index in [2.05, 4.69) is 29.6 Å². The number of anilines is 2. The third-order valence-electron chi connectivity index (χ3n) is 5.85. The largest absolute Gasteiger partial charge is 0.389 e. The first-order valence-corrected chi connectivity index (χ1v) is 11.2. The van der Waals surface area contributed by atoms with Crippen molar-refractivity contribution in [2.45, 2.75) is 32.9 Å². The first-order chi connectivity index (χ1) is 15.9. The SMILES string of the molecule is Cc1ccc(CN2CCCN(c3cccc(C(=O)Nc4cccc([C@@H](C)O)c4)c3)C2=O)cc1. The van der Waals surface area contributed by atoms with Crippen LogP contribution in [0.5, 0.6) is 0 Å². The molecular weight excluding hydrogens is 414 g/mol. The van der Waals surface area contributed by atoms with Crippen molar-refractivity contribution in [3.8, 4) is 0 Å². The number of carbonyl (C=O) groups excluding carboxylic acids is 2. The third kappa shape index (κ3) is 5.41. The molecule has 0 aliphatic carbocycles. The lowest BCUT2D eigenvalue weighted by Crippen LogP contribution is -2.49. The van der Waals surface area contributed by atoms with Gasteiger partial charge >= 0.3 is 6.03 Å². The second kappa shape index (κ2) is 9.88. The quantitative estimate of drug-likeness (QED) is 0.555. The number of amides is 3. The minimum absolute atomic E-state index is 0.0518. The summed E-state index contributed by atoms with van der Waals surface area (Å²) in [4.78, 5) is 29.6. The zero-order chi connectivity index (χ0) is 23.4. The molecule has 0 spiro atoms. The van der Waals surface area contributed by atoms with Crippen LogP contribution in [0.3, 0.4) is 0 Å². The van der Waals surface area contributed by atoms with Crippen LogP contribution in [0.25, 0.3) is 0 Å². The average molecular weight is 444 g/mol. The molecule has 3 aromatic carbocycles. The lowest BCUT2D eigenvalue weighted by atomic mass is 10.1. The molecule has 0 unspecified atom stereocenters. The first-order valence-electron chi connectivity index (χ1n) is 11.2. The molecule has 6 heteroatoms. The minimum Gasteiger partial charge on any atom is -0.389 e. The van der Waals surface area contributed by atoms with Gasteiger partial charge in [-0.25, -0.2) is 4.79 Å². The molecule has 1 heterocycles. The highest BCUT2D eigenvalue weighted by atomic mass is 16.3. The molecule has 1 aliphatic rings. The fraction of sp³-hybridized carbons (Fsp3) is 0.259. The second-order valence-corrected chi connectivity index (χ2v) is 8.50. The Morgan fingerprint density at radius 2 is 1.79 bits per heavy atom. The molecule has 0 bridgehead atoms. The third-order valence-corrected chi connectivity index (χ3v) is 5.85. The summed E-state index contributed by atoms with van der Waals surface area (Å²) < 4.78 is 0. The molecule has 6 nitrogen and oxygen atoms in total. The molecule has 2 N–H and O–H groups in total. The van der Waals surface area contributed by atoms with Crippen molar-refractivity contribution >= 4 is 23.3 Å². The number of urea groups is 1. The Labute approximate surface area is 194 Å². The van der Waals surface area contributed by atoms with E-state index in [0.717, 1.165) is 17.5 Å². The Hall–Kier alpha value is -3.64. The maximum atomic E-state index is 13.2. The van der Waals surface area contributed by atoms with Crippen LogP contribution in [-0.4, -0.2) is 35.0 Å². The van der Waals surface area contributed by atoms with Gasteiger partial charge in [-0.2, -0.15) is 0 Å². The zero-order valence-electron chi connectivity index (χ0n) is 19.0. The highest BCUT2D eigenvalue weighted by Gasteiger charge is 2.27. The predicted molar refractivity (Wildman–Crippen MR) is 130 cm³/mol. The van der Waals surface area contributed by atoms with Crippen molar-refractivity contribution in [3.05, 3.63) is 95.1 Å². The van der Waals surface area contributed by atoms with Gasteiger partial charge in [-0.3, -0.25) is 9.69 Å². The van der Waals surface area contributed by atoms with E-state index >= 15 is 0 Å². The standard InChI is InChI=1S/C27H29N3O3/c1-19-10-12-21(13-11-19)18-29-14-5-15-30(27(29)33)25-9-4-7-23(17-25)26(32)28-24-8-3-6-22(16-24)20(2)31/h3-4,6-13,16-17,20,31H,5,14-15,18H2,1-2H3,(H,28,32)/t20-/m1/s1. The van der Waals surface area contributed by atoms with Crippen LogP contribution in [-0.2, 0) is 6.54 Å². The number of nitrogens with zero attached hydrogens (tertiary/aromatic N) is 2. The summed E-state index contributed by atoms with van der Waals surface area (Å²) in [6.07, 6.45) is 0.248. The van der Waals surface area contributed by atoms with Crippen LogP contribution in [0.4, 0.5) is 16.2 Å². The summed E-state index contributed by atoms with van der Waals surface area (Å²) in [6.45, 7) is 5.62. The van der Waals surface area contributed by atoms with Crippen LogP contribution in [0.15, 0.2) is 72.8 Å². The fourth-order valence-corrected chi connectivity index (χ4v) is 3.98. The van der Waals surface area contributed by atoms with Crippen LogP contribution in [0, 0.1) is 6.92 Å². The van der Waals surface area contributed by atoms with Gasteiger partial charge in [0, 0.05) is 36.6 Å². The van der Waals surface area contributed by atoms with E-state index in [1.807, 2.05) is 24.0 Å². The van der Waals surface area contributed by atoms with Crippen LogP contribution in [0.2, 0.25) is 0 Å². The predicted octanol–water partition coefficient (Wildman–Crippen LogP) is 5.13. The van der Waals surface area contributed by atoms with Crippen LogP contribution in [0.1, 0.15) is 46.5 Å². The number of nitrogens with one attached hydrogen (secondary N) is 1. The van der Waals surface area contributed by atoms with Gasteiger partial charge in [0.25, 0.3) is 5.91 Å². The number of aliphatic hydroxyl groups is 1. The summed E-state index contributed by atoms with van der Waals surface area (Å²) in [5.74, 6) is -0.263. The molecule has 3 aromatic rings. The monoisotopic (exact) mass is 443 g/mol. The lowest BCUT2D eigenvalue weighted by Gasteiger charge is -2.36. The summed E-state index contributed by atoms with van der Waals surface area (Å²) in [5, 5.41) is 12.7. The topological polar surface area (TPSA) is 72.9 Å². The van der Waals surface area contributed by atoms with Gasteiger partial charge in [-0.1, -0.05) is 48.0 Å². The summed E-state index contributed by atoms with van der Waals surface area (Å²) in [7, 11) is 0. The minimum atomic E-state index is -0.613. The maximum Gasteiger partial charge on any atom is 0.324 e. The van der Waals surface area contributed by atoms with E-state index in [1.165, 1.54) is 5.56 Å². The smallest absolute Gasteiger partial charge is 0.324 e. The zero-order valence-corrected chi connectivity index (χ0v) is 19.0. The molecule has 0 saturated carbocycles. The molecule has 3 amide bonds. The fourth-order valence-electron chi connectivity index (χ4n) is 3.98. The first kappa shape index (κ1) is 22.6. The van der Waals surface area contributed by atoms with E-state index in [4.69, 9.17) is 0 Å². The van der Waals surface area contributed by atoms with Gasteiger partial charge in [-0.15, -0.1) is 0 Å². The van der Waals surface area contributed by atoms with Gasteiger partial charge in [0.1, 0.15) is 0 Å². The van der Waals surface area contributed by atoms with Gasteiger partial charge in [0.05, 0.1) is 6.10 Å². The molecule has 0 aromatic heterocycles. The molecule has 1 aliphatic heterocycles. The van der Waals surface area contributed by atoms with Crippen molar-refractivity contribution in [2.75, 3.05) is 23.3 Å². The highest BCUT2D eigenvalue weighted by molar-refractivity contribution is 6.05. The Bertz CT molecular complexity index is 1140. The van der Waals surface area contributed by atoms with Gasteiger partial charge in [-0.05, 0) is 61.7 Å². The number of aryl methyl sites for hydroxylation is 1. The van der Waals surface area contributed by atoms with E-state index in [-0.39, 0.29) is 11.9 Å². The Morgan fingerprint density at radius 1 is 1.03 bits per heavy atom. The summed E-state index contributed by atoms with van der Waals surface area (Å²) in [6, 6.07) is 22.4. The number of hydrogen-bond donors (Lipinski definition) is 2. The van der Waals surface area contributed by atoms with Crippen LogP contribution < -0.4 is 10.2 Å². The maximum absolute atomic E-state index is 13.2. The van der Waals surface area contributed by atoms with E-state index < -0.39 is 6.10 Å². The van der Waals surface area contributed by atoms with Crippen LogP contribution >= 0.6 is 0 Å². The number of carbonyl (C=O) groups is 2. The molecular formula is C27H29N3O3. The van der Waals surface area contributed by atoms with E-state index in [0.29, 0.717) is 36.6 Å².